The topological polar surface area (TPSA) is 60.7 Å². The summed E-state index contributed by atoms with van der Waals surface area (Å²) in [4.78, 5) is 28.4. The molecule has 0 saturated carbocycles. The van der Waals surface area contributed by atoms with E-state index in [0.717, 1.165) is 11.1 Å². The zero-order valence-corrected chi connectivity index (χ0v) is 15.9. The number of amides is 1. The number of nitrogens with zero attached hydrogens (tertiary/aromatic N) is 2. The van der Waals surface area contributed by atoms with Gasteiger partial charge in [-0.1, -0.05) is 29.8 Å². The highest BCUT2D eigenvalue weighted by atomic mass is 32.1. The van der Waals surface area contributed by atoms with E-state index in [4.69, 9.17) is 4.74 Å². The lowest BCUT2D eigenvalue weighted by molar-refractivity contribution is -0.147. The van der Waals surface area contributed by atoms with E-state index in [9.17, 15) is 9.59 Å². The number of benzene rings is 1. The fourth-order valence-corrected chi connectivity index (χ4v) is 3.70. The molecule has 3 rings (SSSR count). The molecule has 0 bridgehead atoms. The number of thiazole rings is 1. The first-order chi connectivity index (χ1) is 12.6. The molecule has 0 aliphatic heterocycles. The molecule has 0 unspecified atom stereocenters. The molecule has 0 spiro atoms. The zero-order valence-electron chi connectivity index (χ0n) is 14.3. The fraction of sp³-hybridized carbons (Fsp3) is 0.211. The third-order valence-corrected chi connectivity index (χ3v) is 5.17. The number of thiophene rings is 1. The van der Waals surface area contributed by atoms with Crippen LogP contribution in [-0.4, -0.2) is 23.1 Å². The Morgan fingerprint density at radius 1 is 1.12 bits per heavy atom. The van der Waals surface area contributed by atoms with E-state index in [1.165, 1.54) is 28.2 Å². The van der Waals surface area contributed by atoms with Gasteiger partial charge in [-0.3, -0.25) is 9.59 Å². The highest BCUT2D eigenvalue weighted by molar-refractivity contribution is 7.08. The summed E-state index contributed by atoms with van der Waals surface area (Å²) in [6.07, 6.45) is 2.06. The van der Waals surface area contributed by atoms with Crippen LogP contribution in [0.3, 0.4) is 0 Å². The van der Waals surface area contributed by atoms with Crippen molar-refractivity contribution >= 4 is 34.6 Å². The smallest absolute Gasteiger partial charge is 0.310 e. The summed E-state index contributed by atoms with van der Waals surface area (Å²) >= 11 is 2.89. The van der Waals surface area contributed by atoms with Gasteiger partial charge in [0.15, 0.2) is 11.4 Å². The molecule has 1 aromatic carbocycles. The van der Waals surface area contributed by atoms with Crippen molar-refractivity contribution in [2.75, 3.05) is 6.61 Å². The average Bonchev–Trinajstić information content (AvgIpc) is 3.28. The van der Waals surface area contributed by atoms with Crippen molar-refractivity contribution in [1.82, 2.24) is 4.57 Å². The molecule has 2 heterocycles. The van der Waals surface area contributed by atoms with Gasteiger partial charge in [0.05, 0.1) is 6.42 Å². The summed E-state index contributed by atoms with van der Waals surface area (Å²) in [5.74, 6) is -0.894. The van der Waals surface area contributed by atoms with E-state index in [2.05, 4.69) is 29.3 Å². The maximum Gasteiger partial charge on any atom is 0.310 e. The first-order valence-corrected chi connectivity index (χ1v) is 9.86. The van der Waals surface area contributed by atoms with Crippen molar-refractivity contribution < 1.29 is 14.3 Å². The maximum atomic E-state index is 12.0. The van der Waals surface area contributed by atoms with E-state index in [0.29, 0.717) is 11.3 Å². The minimum atomic E-state index is -0.469. The van der Waals surface area contributed by atoms with Crippen LogP contribution in [0.2, 0.25) is 0 Å². The first-order valence-electron chi connectivity index (χ1n) is 8.04. The molecular weight excluding hydrogens is 368 g/mol. The minimum Gasteiger partial charge on any atom is -0.455 e. The zero-order chi connectivity index (χ0) is 18.4. The van der Waals surface area contributed by atoms with Crippen molar-refractivity contribution in [2.24, 2.45) is 4.99 Å². The monoisotopic (exact) mass is 386 g/mol. The molecule has 0 aliphatic rings. The van der Waals surface area contributed by atoms with E-state index < -0.39 is 11.9 Å². The van der Waals surface area contributed by atoms with E-state index in [-0.39, 0.29) is 13.0 Å². The third-order valence-electron chi connectivity index (χ3n) is 3.64. The number of hydrogen-bond acceptors (Lipinski definition) is 5. The molecule has 26 heavy (non-hydrogen) atoms. The predicted octanol–water partition coefficient (Wildman–Crippen LogP) is 3.18. The largest absolute Gasteiger partial charge is 0.455 e. The van der Waals surface area contributed by atoms with Gasteiger partial charge in [0.1, 0.15) is 0 Å². The van der Waals surface area contributed by atoms with Gasteiger partial charge in [0.25, 0.3) is 5.91 Å². The number of carbonyl (C=O) groups excluding carboxylic acids is 2. The van der Waals surface area contributed by atoms with Gasteiger partial charge < -0.3 is 9.30 Å². The molecule has 0 atom stereocenters. The Kier molecular flexibility index (Phi) is 6.14. The molecule has 5 nitrogen and oxygen atoms in total. The summed E-state index contributed by atoms with van der Waals surface area (Å²) in [6.45, 7) is 2.33. The van der Waals surface area contributed by atoms with Gasteiger partial charge in [-0.2, -0.15) is 16.3 Å². The van der Waals surface area contributed by atoms with Crippen molar-refractivity contribution in [3.63, 3.8) is 0 Å². The van der Waals surface area contributed by atoms with Crippen molar-refractivity contribution in [1.29, 1.82) is 0 Å². The number of rotatable bonds is 6. The third kappa shape index (κ3) is 5.24. The molecule has 0 aliphatic carbocycles. The number of ether oxygens (including phenoxy) is 1. The molecule has 1 amide bonds. The summed E-state index contributed by atoms with van der Waals surface area (Å²) in [5, 5.41) is 5.66. The van der Waals surface area contributed by atoms with E-state index >= 15 is 0 Å². The fourth-order valence-electron chi connectivity index (χ4n) is 2.29. The number of aryl methyl sites for hydroxylation is 1. The predicted molar refractivity (Wildman–Crippen MR) is 102 cm³/mol. The minimum absolute atomic E-state index is 0.170. The first kappa shape index (κ1) is 18.3. The van der Waals surface area contributed by atoms with Crippen molar-refractivity contribution in [3.05, 3.63) is 74.2 Å². The van der Waals surface area contributed by atoms with Crippen LogP contribution in [0, 0.1) is 6.92 Å². The summed E-state index contributed by atoms with van der Waals surface area (Å²) in [5.41, 5.74) is 3.22. The lowest BCUT2D eigenvalue weighted by Gasteiger charge is -2.04. The maximum absolute atomic E-state index is 12.0. The number of hydrogen-bond donors (Lipinski definition) is 0. The van der Waals surface area contributed by atoms with Crippen LogP contribution < -0.4 is 4.80 Å². The van der Waals surface area contributed by atoms with Gasteiger partial charge in [0.2, 0.25) is 0 Å². The molecule has 7 heteroatoms. The van der Waals surface area contributed by atoms with Gasteiger partial charge >= 0.3 is 5.97 Å². The van der Waals surface area contributed by atoms with Crippen LogP contribution in [0.4, 0.5) is 0 Å². The van der Waals surface area contributed by atoms with Crippen LogP contribution in [0.25, 0.3) is 0 Å². The summed E-state index contributed by atoms with van der Waals surface area (Å²) in [6, 6.07) is 10.1. The van der Waals surface area contributed by atoms with Crippen LogP contribution >= 0.6 is 22.7 Å². The Bertz CT molecular complexity index is 938. The van der Waals surface area contributed by atoms with Crippen molar-refractivity contribution in [3.8, 4) is 0 Å². The average molecular weight is 386 g/mol. The van der Waals surface area contributed by atoms with Gasteiger partial charge in [-0.25, -0.2) is 0 Å². The Labute approximate surface area is 159 Å². The molecular formula is C19H18N2O3S2. The number of aromatic nitrogens is 1. The Hall–Kier alpha value is -2.51. The normalized spacial score (nSPS) is 11.5. The Balaban J connectivity index is 1.59. The van der Waals surface area contributed by atoms with Gasteiger partial charge in [-0.05, 0) is 34.9 Å². The van der Waals surface area contributed by atoms with E-state index in [1.54, 1.807) is 0 Å². The van der Waals surface area contributed by atoms with Crippen LogP contribution in [0.15, 0.2) is 57.7 Å². The SMILES string of the molecule is Cc1ccc(Cn2ccsc2=NC(=O)COC(=O)Cc2ccsc2)cc1. The summed E-state index contributed by atoms with van der Waals surface area (Å²) < 4.78 is 6.92. The van der Waals surface area contributed by atoms with Crippen LogP contribution in [0.1, 0.15) is 16.7 Å². The Morgan fingerprint density at radius 2 is 1.92 bits per heavy atom. The second-order valence-electron chi connectivity index (χ2n) is 5.77. The van der Waals surface area contributed by atoms with Gasteiger partial charge in [0, 0.05) is 18.1 Å². The highest BCUT2D eigenvalue weighted by Crippen LogP contribution is 2.07. The number of esters is 1. The quantitative estimate of drug-likeness (QED) is 0.611. The molecule has 0 saturated heterocycles. The second kappa shape index (κ2) is 8.73. The highest BCUT2D eigenvalue weighted by Gasteiger charge is 2.09. The molecule has 3 aromatic rings. The standard InChI is InChI=1S/C19H18N2O3S2/c1-14-2-4-15(5-3-14)11-21-7-9-26-19(21)20-17(22)12-24-18(23)10-16-6-8-25-13-16/h2-9,13H,10-12H2,1H3. The van der Waals surface area contributed by atoms with E-state index in [1.807, 2.05) is 39.9 Å². The van der Waals surface area contributed by atoms with Crippen LogP contribution in [-0.2, 0) is 27.3 Å². The van der Waals surface area contributed by atoms with Gasteiger partial charge in [-0.15, -0.1) is 11.3 Å². The summed E-state index contributed by atoms with van der Waals surface area (Å²) in [7, 11) is 0. The molecule has 0 N–H and O–H groups in total. The molecule has 0 radical (unpaired) electrons. The lowest BCUT2D eigenvalue weighted by atomic mass is 10.1. The number of carbonyl (C=O) groups is 2. The van der Waals surface area contributed by atoms with Crippen molar-refractivity contribution in [2.45, 2.75) is 19.9 Å². The lowest BCUT2D eigenvalue weighted by Crippen LogP contribution is -2.20. The molecule has 134 valence electrons. The molecule has 0 fully saturated rings. The second-order valence-corrected chi connectivity index (χ2v) is 7.43. The Morgan fingerprint density at radius 3 is 2.65 bits per heavy atom. The molecule has 2 aromatic heterocycles. The van der Waals surface area contributed by atoms with Crippen LogP contribution in [0.5, 0.6) is 0 Å².